The van der Waals surface area contributed by atoms with Gasteiger partial charge < -0.3 is 5.32 Å². The SMILES string of the molecule is Cc1ccc(N2C(=O)CSC2c2cccc(NC(=O)c3cccc(Br)c3)c2)cc1C. The fraction of sp³-hybridized carbons (Fsp3) is 0.167. The molecule has 3 aromatic rings. The molecule has 3 aromatic carbocycles. The highest BCUT2D eigenvalue weighted by molar-refractivity contribution is 9.10. The van der Waals surface area contributed by atoms with E-state index < -0.39 is 0 Å². The fourth-order valence-electron chi connectivity index (χ4n) is 3.43. The van der Waals surface area contributed by atoms with Crippen LogP contribution in [0.1, 0.15) is 32.4 Å². The molecule has 1 heterocycles. The maximum atomic E-state index is 12.7. The maximum Gasteiger partial charge on any atom is 0.255 e. The molecule has 1 N–H and O–H groups in total. The Kier molecular flexibility index (Phi) is 5.97. The Morgan fingerprint density at radius 2 is 1.83 bits per heavy atom. The van der Waals surface area contributed by atoms with Gasteiger partial charge in [0.1, 0.15) is 5.37 Å². The van der Waals surface area contributed by atoms with Gasteiger partial charge in [-0.1, -0.05) is 40.2 Å². The van der Waals surface area contributed by atoms with E-state index in [-0.39, 0.29) is 17.2 Å². The van der Waals surface area contributed by atoms with Gasteiger partial charge in [0.25, 0.3) is 5.91 Å². The van der Waals surface area contributed by atoms with Gasteiger partial charge in [0.2, 0.25) is 5.91 Å². The number of carbonyl (C=O) groups is 2. The largest absolute Gasteiger partial charge is 0.322 e. The monoisotopic (exact) mass is 480 g/mol. The number of benzene rings is 3. The van der Waals surface area contributed by atoms with E-state index in [1.54, 1.807) is 23.9 Å². The predicted octanol–water partition coefficient (Wildman–Crippen LogP) is 6.10. The first kappa shape index (κ1) is 20.7. The molecule has 0 radical (unpaired) electrons. The molecule has 0 bridgehead atoms. The minimum absolute atomic E-state index is 0.0943. The molecule has 0 spiro atoms. The van der Waals surface area contributed by atoms with E-state index in [4.69, 9.17) is 0 Å². The molecule has 1 fully saturated rings. The van der Waals surface area contributed by atoms with Gasteiger partial charge in [-0.25, -0.2) is 0 Å². The Morgan fingerprint density at radius 1 is 1.03 bits per heavy atom. The number of hydrogen-bond acceptors (Lipinski definition) is 3. The lowest BCUT2D eigenvalue weighted by Crippen LogP contribution is -2.28. The highest BCUT2D eigenvalue weighted by atomic mass is 79.9. The quantitative estimate of drug-likeness (QED) is 0.490. The van der Waals surface area contributed by atoms with Crippen molar-refractivity contribution in [3.8, 4) is 0 Å². The van der Waals surface area contributed by atoms with Gasteiger partial charge in [-0.2, -0.15) is 0 Å². The van der Waals surface area contributed by atoms with Gasteiger partial charge in [-0.3, -0.25) is 14.5 Å². The summed E-state index contributed by atoms with van der Waals surface area (Å²) in [6.45, 7) is 4.12. The minimum Gasteiger partial charge on any atom is -0.322 e. The van der Waals surface area contributed by atoms with Crippen molar-refractivity contribution in [3.63, 3.8) is 0 Å². The number of carbonyl (C=O) groups excluding carboxylic acids is 2. The van der Waals surface area contributed by atoms with Crippen molar-refractivity contribution in [3.05, 3.63) is 93.5 Å². The van der Waals surface area contributed by atoms with E-state index in [9.17, 15) is 9.59 Å². The van der Waals surface area contributed by atoms with Crippen molar-refractivity contribution in [1.29, 1.82) is 0 Å². The molecule has 1 aliphatic heterocycles. The lowest BCUT2D eigenvalue weighted by Gasteiger charge is -2.25. The predicted molar refractivity (Wildman–Crippen MR) is 127 cm³/mol. The van der Waals surface area contributed by atoms with Crippen LogP contribution in [0.4, 0.5) is 11.4 Å². The number of thioether (sulfide) groups is 1. The Bertz CT molecular complexity index is 1130. The van der Waals surface area contributed by atoms with Crippen molar-refractivity contribution in [2.75, 3.05) is 16.0 Å². The zero-order valence-electron chi connectivity index (χ0n) is 16.7. The lowest BCUT2D eigenvalue weighted by atomic mass is 10.1. The summed E-state index contributed by atoms with van der Waals surface area (Å²) < 4.78 is 0.855. The second-order valence-electron chi connectivity index (χ2n) is 7.29. The number of hydrogen-bond donors (Lipinski definition) is 1. The van der Waals surface area contributed by atoms with Gasteiger partial charge >= 0.3 is 0 Å². The first-order valence-electron chi connectivity index (χ1n) is 9.60. The summed E-state index contributed by atoms with van der Waals surface area (Å²) in [4.78, 5) is 27.1. The molecular formula is C24H21BrN2O2S. The van der Waals surface area contributed by atoms with E-state index in [0.717, 1.165) is 21.3 Å². The topological polar surface area (TPSA) is 49.4 Å². The molecule has 4 nitrogen and oxygen atoms in total. The second-order valence-corrected chi connectivity index (χ2v) is 9.27. The molecule has 0 saturated carbocycles. The first-order chi connectivity index (χ1) is 14.4. The molecule has 2 amide bonds. The van der Waals surface area contributed by atoms with Crippen LogP contribution in [0, 0.1) is 13.8 Å². The van der Waals surface area contributed by atoms with Crippen molar-refractivity contribution in [2.24, 2.45) is 0 Å². The third-order valence-electron chi connectivity index (χ3n) is 5.15. The molecule has 0 aromatic heterocycles. The average molecular weight is 481 g/mol. The number of nitrogens with zero attached hydrogens (tertiary/aromatic N) is 1. The molecule has 1 unspecified atom stereocenters. The number of nitrogens with one attached hydrogen (secondary N) is 1. The zero-order valence-corrected chi connectivity index (χ0v) is 19.1. The molecule has 1 saturated heterocycles. The van der Waals surface area contributed by atoms with Crippen LogP contribution in [0.2, 0.25) is 0 Å². The summed E-state index contributed by atoms with van der Waals surface area (Å²) in [6, 6.07) is 21.1. The van der Waals surface area contributed by atoms with E-state index in [2.05, 4.69) is 41.2 Å². The molecule has 30 heavy (non-hydrogen) atoms. The Morgan fingerprint density at radius 3 is 2.60 bits per heavy atom. The van der Waals surface area contributed by atoms with Crippen molar-refractivity contribution < 1.29 is 9.59 Å². The lowest BCUT2D eigenvalue weighted by molar-refractivity contribution is -0.115. The van der Waals surface area contributed by atoms with Crippen LogP contribution in [-0.4, -0.2) is 17.6 Å². The number of amides is 2. The highest BCUT2D eigenvalue weighted by Gasteiger charge is 2.34. The van der Waals surface area contributed by atoms with Gasteiger partial charge in [-0.15, -0.1) is 11.8 Å². The average Bonchev–Trinajstić information content (AvgIpc) is 3.12. The molecule has 0 aliphatic carbocycles. The van der Waals surface area contributed by atoms with Crippen LogP contribution in [-0.2, 0) is 4.79 Å². The summed E-state index contributed by atoms with van der Waals surface area (Å²) >= 11 is 5.00. The van der Waals surface area contributed by atoms with Gasteiger partial charge in [0.05, 0.1) is 5.75 Å². The number of rotatable bonds is 4. The zero-order chi connectivity index (χ0) is 21.3. The summed E-state index contributed by atoms with van der Waals surface area (Å²) in [5.74, 6) is 0.359. The summed E-state index contributed by atoms with van der Waals surface area (Å²) in [5.41, 5.74) is 5.53. The Balaban J connectivity index is 1.60. The van der Waals surface area contributed by atoms with Crippen LogP contribution in [0.25, 0.3) is 0 Å². The smallest absolute Gasteiger partial charge is 0.255 e. The minimum atomic E-state index is -0.172. The van der Waals surface area contributed by atoms with Crippen molar-refractivity contribution >= 4 is 50.9 Å². The fourth-order valence-corrected chi connectivity index (χ4v) is 4.99. The van der Waals surface area contributed by atoms with Crippen LogP contribution in [0.15, 0.2) is 71.2 Å². The second kappa shape index (κ2) is 8.66. The van der Waals surface area contributed by atoms with E-state index in [0.29, 0.717) is 17.0 Å². The van der Waals surface area contributed by atoms with Gasteiger partial charge in [0.15, 0.2) is 0 Å². The van der Waals surface area contributed by atoms with Gasteiger partial charge in [-0.05, 0) is 73.0 Å². The van der Waals surface area contributed by atoms with E-state index in [1.165, 1.54) is 5.56 Å². The Hall–Kier alpha value is -2.57. The number of anilines is 2. The summed E-state index contributed by atoms with van der Waals surface area (Å²) in [5, 5.41) is 2.84. The van der Waals surface area contributed by atoms with Crippen LogP contribution in [0.5, 0.6) is 0 Å². The third-order valence-corrected chi connectivity index (χ3v) is 6.86. The molecule has 4 rings (SSSR count). The summed E-state index contributed by atoms with van der Waals surface area (Å²) in [7, 11) is 0. The van der Waals surface area contributed by atoms with Crippen LogP contribution in [0.3, 0.4) is 0 Å². The molecule has 6 heteroatoms. The molecule has 1 aliphatic rings. The maximum absolute atomic E-state index is 12.7. The highest BCUT2D eigenvalue weighted by Crippen LogP contribution is 2.42. The van der Waals surface area contributed by atoms with Crippen LogP contribution >= 0.6 is 27.7 Å². The molecule has 1 atom stereocenters. The number of halogens is 1. The van der Waals surface area contributed by atoms with Crippen molar-refractivity contribution in [2.45, 2.75) is 19.2 Å². The first-order valence-corrected chi connectivity index (χ1v) is 11.4. The standard InChI is InChI=1S/C24H21BrN2O2S/c1-15-9-10-21(11-16(15)2)27-22(28)14-30-24(27)18-6-4-8-20(13-18)26-23(29)17-5-3-7-19(25)12-17/h3-13,24H,14H2,1-2H3,(H,26,29). The number of aryl methyl sites for hydroxylation is 2. The molecular weight excluding hydrogens is 460 g/mol. The molecule has 152 valence electrons. The normalized spacial score (nSPS) is 16.0. The van der Waals surface area contributed by atoms with E-state index in [1.807, 2.05) is 53.4 Å². The summed E-state index contributed by atoms with van der Waals surface area (Å²) in [6.07, 6.45) is 0. The van der Waals surface area contributed by atoms with Gasteiger partial charge in [0, 0.05) is 21.4 Å². The van der Waals surface area contributed by atoms with Crippen molar-refractivity contribution in [1.82, 2.24) is 0 Å². The Labute approximate surface area is 188 Å². The van der Waals surface area contributed by atoms with Crippen LogP contribution < -0.4 is 10.2 Å². The van der Waals surface area contributed by atoms with E-state index >= 15 is 0 Å². The third kappa shape index (κ3) is 4.30.